The van der Waals surface area contributed by atoms with Gasteiger partial charge in [-0.1, -0.05) is 12.1 Å². The first-order valence-corrected chi connectivity index (χ1v) is 11.0. The van der Waals surface area contributed by atoms with Crippen molar-refractivity contribution in [1.29, 1.82) is 0 Å². The number of rotatable bonds is 7. The monoisotopic (exact) mass is 404 g/mol. The first-order valence-electron chi connectivity index (χ1n) is 11.0. The zero-order chi connectivity index (χ0) is 20.1. The van der Waals surface area contributed by atoms with Crippen molar-refractivity contribution in [3.63, 3.8) is 0 Å². The predicted molar refractivity (Wildman–Crippen MR) is 113 cm³/mol. The van der Waals surface area contributed by atoms with Gasteiger partial charge in [0.1, 0.15) is 12.4 Å². The standard InChI is InChI=1S/C22H36N4O3/c1-23-6-8-26(9-7-23)21-17-25(18-22(21)27)16-19-2-4-20(5-3-19)29-15-12-24-10-13-28-14-11-24/h2-5,21-22,27H,6-18H2,1H3/t21-,22-/m0/s1. The van der Waals surface area contributed by atoms with E-state index in [1.165, 1.54) is 5.56 Å². The van der Waals surface area contributed by atoms with Crippen molar-refractivity contribution in [2.75, 3.05) is 85.8 Å². The molecule has 0 aliphatic carbocycles. The molecule has 7 nitrogen and oxygen atoms in total. The number of benzene rings is 1. The van der Waals surface area contributed by atoms with Crippen molar-refractivity contribution >= 4 is 0 Å². The van der Waals surface area contributed by atoms with Gasteiger partial charge < -0.3 is 19.5 Å². The Kier molecular flexibility index (Phi) is 7.39. The van der Waals surface area contributed by atoms with E-state index in [-0.39, 0.29) is 12.1 Å². The molecule has 0 radical (unpaired) electrons. The predicted octanol–water partition coefficient (Wildman–Crippen LogP) is 0.190. The van der Waals surface area contributed by atoms with Gasteiger partial charge in [0.2, 0.25) is 0 Å². The van der Waals surface area contributed by atoms with Crippen LogP contribution in [0.4, 0.5) is 0 Å². The lowest BCUT2D eigenvalue weighted by Crippen LogP contribution is -2.52. The van der Waals surface area contributed by atoms with Crippen molar-refractivity contribution in [2.45, 2.75) is 18.7 Å². The minimum Gasteiger partial charge on any atom is -0.492 e. The van der Waals surface area contributed by atoms with E-state index in [4.69, 9.17) is 9.47 Å². The molecule has 0 bridgehead atoms. The number of ether oxygens (including phenoxy) is 2. The Balaban J connectivity index is 1.20. The van der Waals surface area contributed by atoms with Crippen LogP contribution in [0.5, 0.6) is 5.75 Å². The summed E-state index contributed by atoms with van der Waals surface area (Å²) in [4.78, 5) is 9.59. The summed E-state index contributed by atoms with van der Waals surface area (Å²) in [6.45, 7) is 12.2. The SMILES string of the molecule is CN1CCN([C@H]2CN(Cc3ccc(OCCN4CCOCC4)cc3)C[C@@H]2O)CC1. The fraction of sp³-hybridized carbons (Fsp3) is 0.727. The third-order valence-electron chi connectivity index (χ3n) is 6.45. The maximum Gasteiger partial charge on any atom is 0.119 e. The molecule has 3 fully saturated rings. The molecule has 4 rings (SSSR count). The topological polar surface area (TPSA) is 51.7 Å². The lowest BCUT2D eigenvalue weighted by molar-refractivity contribution is 0.0322. The summed E-state index contributed by atoms with van der Waals surface area (Å²) in [6, 6.07) is 8.71. The van der Waals surface area contributed by atoms with E-state index in [9.17, 15) is 5.11 Å². The highest BCUT2D eigenvalue weighted by Crippen LogP contribution is 2.21. The largest absolute Gasteiger partial charge is 0.492 e. The summed E-state index contributed by atoms with van der Waals surface area (Å²) in [7, 11) is 2.17. The third-order valence-corrected chi connectivity index (χ3v) is 6.45. The van der Waals surface area contributed by atoms with Crippen molar-refractivity contribution in [3.05, 3.63) is 29.8 Å². The molecule has 3 aliphatic heterocycles. The summed E-state index contributed by atoms with van der Waals surface area (Å²) in [5.41, 5.74) is 1.27. The van der Waals surface area contributed by atoms with Gasteiger partial charge in [-0.25, -0.2) is 0 Å². The van der Waals surface area contributed by atoms with Crippen LogP contribution >= 0.6 is 0 Å². The molecule has 1 N–H and O–H groups in total. The number of aliphatic hydroxyl groups is 1. The van der Waals surface area contributed by atoms with Crippen LogP contribution in [0.1, 0.15) is 5.56 Å². The summed E-state index contributed by atoms with van der Waals surface area (Å²) in [5.74, 6) is 0.929. The zero-order valence-corrected chi connectivity index (χ0v) is 17.7. The number of nitrogens with zero attached hydrogens (tertiary/aromatic N) is 4. The Morgan fingerprint density at radius 1 is 0.966 bits per heavy atom. The minimum absolute atomic E-state index is 0.249. The number of morpholine rings is 1. The zero-order valence-electron chi connectivity index (χ0n) is 17.7. The molecule has 162 valence electrons. The summed E-state index contributed by atoms with van der Waals surface area (Å²) in [5, 5.41) is 10.6. The van der Waals surface area contributed by atoms with Gasteiger partial charge in [0.05, 0.1) is 19.3 Å². The van der Waals surface area contributed by atoms with Gasteiger partial charge in [-0.05, 0) is 24.7 Å². The molecule has 1 aromatic rings. The molecule has 0 spiro atoms. The van der Waals surface area contributed by atoms with Gasteiger partial charge >= 0.3 is 0 Å². The molecule has 29 heavy (non-hydrogen) atoms. The van der Waals surface area contributed by atoms with E-state index < -0.39 is 0 Å². The average molecular weight is 405 g/mol. The molecule has 0 unspecified atom stereocenters. The first kappa shape index (κ1) is 21.0. The highest BCUT2D eigenvalue weighted by Gasteiger charge is 2.36. The van der Waals surface area contributed by atoms with Crippen molar-refractivity contribution in [2.24, 2.45) is 0 Å². The molecule has 3 saturated heterocycles. The smallest absolute Gasteiger partial charge is 0.119 e. The summed E-state index contributed by atoms with van der Waals surface area (Å²) in [6.07, 6.45) is -0.249. The van der Waals surface area contributed by atoms with E-state index in [1.807, 2.05) is 0 Å². The number of aliphatic hydroxyl groups excluding tert-OH is 1. The second-order valence-electron chi connectivity index (χ2n) is 8.61. The van der Waals surface area contributed by atoms with Crippen LogP contribution in [0, 0.1) is 0 Å². The second-order valence-corrected chi connectivity index (χ2v) is 8.61. The molecule has 7 heteroatoms. The minimum atomic E-state index is -0.249. The highest BCUT2D eigenvalue weighted by molar-refractivity contribution is 5.27. The van der Waals surface area contributed by atoms with Gasteiger partial charge in [-0.3, -0.25) is 14.7 Å². The van der Waals surface area contributed by atoms with Gasteiger partial charge in [0, 0.05) is 71.5 Å². The molecule has 0 amide bonds. The number of likely N-dealkylation sites (N-methyl/N-ethyl adjacent to an activating group) is 1. The maximum absolute atomic E-state index is 10.6. The molecule has 1 aromatic carbocycles. The maximum atomic E-state index is 10.6. The molecule has 3 heterocycles. The first-order chi connectivity index (χ1) is 14.2. The van der Waals surface area contributed by atoms with Crippen LogP contribution in [0.2, 0.25) is 0 Å². The third kappa shape index (κ3) is 5.90. The van der Waals surface area contributed by atoms with Crippen molar-refractivity contribution in [1.82, 2.24) is 19.6 Å². The molecule has 2 atom stereocenters. The molecule has 0 aromatic heterocycles. The van der Waals surface area contributed by atoms with E-state index >= 15 is 0 Å². The quantitative estimate of drug-likeness (QED) is 0.696. The number of likely N-dealkylation sites (tertiary alicyclic amines) is 1. The number of hydrogen-bond acceptors (Lipinski definition) is 7. The van der Waals surface area contributed by atoms with Gasteiger partial charge in [0.15, 0.2) is 0 Å². The van der Waals surface area contributed by atoms with Crippen LogP contribution < -0.4 is 4.74 Å². The van der Waals surface area contributed by atoms with Crippen LogP contribution in [0.3, 0.4) is 0 Å². The van der Waals surface area contributed by atoms with Crippen LogP contribution in [-0.2, 0) is 11.3 Å². The lowest BCUT2D eigenvalue weighted by atomic mass is 10.1. The fourth-order valence-electron chi connectivity index (χ4n) is 4.56. The van der Waals surface area contributed by atoms with E-state index in [1.54, 1.807) is 0 Å². The van der Waals surface area contributed by atoms with Crippen LogP contribution in [-0.4, -0.2) is 123 Å². The number of piperazine rings is 1. The summed E-state index contributed by atoms with van der Waals surface area (Å²) >= 11 is 0. The average Bonchev–Trinajstić information content (AvgIpc) is 3.11. The van der Waals surface area contributed by atoms with Gasteiger partial charge in [-0.2, -0.15) is 0 Å². The van der Waals surface area contributed by atoms with Gasteiger partial charge in [0.25, 0.3) is 0 Å². The number of β-amino-alcohol motifs (C(OH)–C–C–N with tert-alkyl or cyclic N) is 1. The molecular weight excluding hydrogens is 368 g/mol. The van der Waals surface area contributed by atoms with E-state index in [0.29, 0.717) is 6.61 Å². The Morgan fingerprint density at radius 3 is 2.41 bits per heavy atom. The molecule has 0 saturated carbocycles. The normalized spacial score (nSPS) is 28.1. The highest BCUT2D eigenvalue weighted by atomic mass is 16.5. The van der Waals surface area contributed by atoms with Gasteiger partial charge in [-0.15, -0.1) is 0 Å². The lowest BCUT2D eigenvalue weighted by Gasteiger charge is -2.37. The van der Waals surface area contributed by atoms with Crippen molar-refractivity contribution in [3.8, 4) is 5.75 Å². The van der Waals surface area contributed by atoms with Crippen LogP contribution in [0.25, 0.3) is 0 Å². The molecular formula is C22H36N4O3. The fourth-order valence-corrected chi connectivity index (χ4v) is 4.56. The second kappa shape index (κ2) is 10.2. The Morgan fingerprint density at radius 2 is 1.69 bits per heavy atom. The van der Waals surface area contributed by atoms with E-state index in [0.717, 1.165) is 84.4 Å². The van der Waals surface area contributed by atoms with Crippen molar-refractivity contribution < 1.29 is 14.6 Å². The summed E-state index contributed by atoms with van der Waals surface area (Å²) < 4.78 is 11.3. The Labute approximate surface area is 174 Å². The van der Waals surface area contributed by atoms with Crippen LogP contribution in [0.15, 0.2) is 24.3 Å². The molecule has 3 aliphatic rings. The Hall–Kier alpha value is -1.22. The number of hydrogen-bond donors (Lipinski definition) is 1. The van der Waals surface area contributed by atoms with E-state index in [2.05, 4.69) is 50.9 Å². The Bertz CT molecular complexity index is 615.